The van der Waals surface area contributed by atoms with Crippen molar-refractivity contribution in [2.75, 3.05) is 6.54 Å². The number of nitrogens with zero attached hydrogens (tertiary/aromatic N) is 2. The summed E-state index contributed by atoms with van der Waals surface area (Å²) in [7, 11) is 0. The first-order valence-electron chi connectivity index (χ1n) is 7.56. The molecule has 1 fully saturated rings. The topological polar surface area (TPSA) is 72.9 Å². The summed E-state index contributed by atoms with van der Waals surface area (Å²) in [6.45, 7) is 3.32. The lowest BCUT2D eigenvalue weighted by Crippen LogP contribution is -2.53. The summed E-state index contributed by atoms with van der Waals surface area (Å²) in [6.07, 6.45) is 4.86. The maximum atomic E-state index is 12.1. The van der Waals surface area contributed by atoms with Gasteiger partial charge in [-0.3, -0.25) is 4.79 Å². The molecule has 1 amide bonds. The molecule has 1 aliphatic rings. The highest BCUT2D eigenvalue weighted by atomic mass is 16.2. The number of hydrogen-bond acceptors (Lipinski definition) is 3. The van der Waals surface area contributed by atoms with Gasteiger partial charge in [0, 0.05) is 13.1 Å². The molecule has 5 heteroatoms. The van der Waals surface area contributed by atoms with Crippen LogP contribution < -0.4 is 11.1 Å². The third-order valence-corrected chi connectivity index (χ3v) is 4.30. The van der Waals surface area contributed by atoms with Crippen LogP contribution in [0.3, 0.4) is 0 Å². The van der Waals surface area contributed by atoms with E-state index in [9.17, 15) is 4.79 Å². The quantitative estimate of drug-likeness (QED) is 0.793. The minimum Gasteiger partial charge on any atom is -0.354 e. The summed E-state index contributed by atoms with van der Waals surface area (Å²) in [5.41, 5.74) is 7.52. The smallest absolute Gasteiger partial charge is 0.240 e. The fraction of sp³-hybridized carbons (Fsp3) is 0.500. The van der Waals surface area contributed by atoms with E-state index in [4.69, 9.17) is 5.73 Å². The minimum atomic E-state index is -0.707. The molecule has 1 aromatic carbocycles. The highest BCUT2D eigenvalue weighted by molar-refractivity contribution is 5.86. The number of amides is 1. The molecule has 1 unspecified atom stereocenters. The summed E-state index contributed by atoms with van der Waals surface area (Å²) in [6, 6.07) is 8.06. The van der Waals surface area contributed by atoms with Crippen molar-refractivity contribution in [2.24, 2.45) is 11.7 Å². The van der Waals surface area contributed by atoms with Crippen molar-refractivity contribution in [3.05, 3.63) is 30.6 Å². The molecule has 1 saturated carbocycles. The van der Waals surface area contributed by atoms with Crippen LogP contribution in [-0.2, 0) is 11.3 Å². The van der Waals surface area contributed by atoms with Crippen molar-refractivity contribution in [1.29, 1.82) is 0 Å². The molecule has 3 rings (SSSR count). The van der Waals surface area contributed by atoms with Gasteiger partial charge < -0.3 is 15.6 Å². The van der Waals surface area contributed by atoms with Gasteiger partial charge in [0.15, 0.2) is 0 Å². The van der Waals surface area contributed by atoms with Crippen LogP contribution in [0, 0.1) is 5.92 Å². The first kappa shape index (κ1) is 14.1. The van der Waals surface area contributed by atoms with Gasteiger partial charge in [0.25, 0.3) is 0 Å². The zero-order valence-corrected chi connectivity index (χ0v) is 12.4. The van der Waals surface area contributed by atoms with E-state index < -0.39 is 5.54 Å². The van der Waals surface area contributed by atoms with E-state index in [1.807, 2.05) is 31.5 Å². The second-order valence-electron chi connectivity index (χ2n) is 6.09. The summed E-state index contributed by atoms with van der Waals surface area (Å²) in [4.78, 5) is 16.4. The normalized spacial score (nSPS) is 17.6. The molecular formula is C16H22N4O. The molecule has 0 saturated heterocycles. The average Bonchev–Trinajstić information content (AvgIpc) is 3.26. The molecule has 0 bridgehead atoms. The maximum absolute atomic E-state index is 12.1. The van der Waals surface area contributed by atoms with Gasteiger partial charge in [0.05, 0.1) is 22.9 Å². The van der Waals surface area contributed by atoms with Crippen LogP contribution in [0.1, 0.15) is 26.2 Å². The van der Waals surface area contributed by atoms with E-state index in [1.54, 1.807) is 0 Å². The highest BCUT2D eigenvalue weighted by Gasteiger charge is 2.43. The maximum Gasteiger partial charge on any atom is 0.240 e. The van der Waals surface area contributed by atoms with Crippen LogP contribution in [0.4, 0.5) is 0 Å². The molecule has 1 aromatic heterocycles. The Morgan fingerprint density at radius 3 is 3.00 bits per heavy atom. The van der Waals surface area contributed by atoms with Crippen molar-refractivity contribution in [3.8, 4) is 0 Å². The molecule has 1 heterocycles. The van der Waals surface area contributed by atoms with Crippen molar-refractivity contribution in [2.45, 2.75) is 38.3 Å². The standard InChI is InChI=1S/C16H22N4O/c1-16(17,12-7-8-12)15(21)18-9-4-10-20-11-19-13-5-2-3-6-14(13)20/h2-3,5-6,11-12H,4,7-10,17H2,1H3,(H,18,21). The zero-order valence-electron chi connectivity index (χ0n) is 12.4. The molecule has 2 aromatic rings. The number of imidazole rings is 1. The van der Waals surface area contributed by atoms with Crippen LogP contribution in [0.2, 0.25) is 0 Å². The fourth-order valence-corrected chi connectivity index (χ4v) is 2.70. The van der Waals surface area contributed by atoms with E-state index in [2.05, 4.69) is 20.9 Å². The number of rotatable bonds is 6. The SMILES string of the molecule is CC(N)(C(=O)NCCCn1cnc2ccccc21)C1CC1. The van der Waals surface area contributed by atoms with Crippen LogP contribution in [0.25, 0.3) is 11.0 Å². The fourth-order valence-electron chi connectivity index (χ4n) is 2.70. The minimum absolute atomic E-state index is 0.0273. The van der Waals surface area contributed by atoms with Gasteiger partial charge in [-0.25, -0.2) is 4.98 Å². The lowest BCUT2D eigenvalue weighted by molar-refractivity contribution is -0.126. The molecule has 1 aliphatic carbocycles. The number of carbonyl (C=O) groups is 1. The predicted molar refractivity (Wildman–Crippen MR) is 82.7 cm³/mol. The monoisotopic (exact) mass is 286 g/mol. The summed E-state index contributed by atoms with van der Waals surface area (Å²) < 4.78 is 2.12. The number of aryl methyl sites for hydroxylation is 1. The first-order valence-corrected chi connectivity index (χ1v) is 7.56. The van der Waals surface area contributed by atoms with Crippen molar-refractivity contribution < 1.29 is 4.79 Å². The van der Waals surface area contributed by atoms with E-state index in [1.165, 1.54) is 0 Å². The summed E-state index contributed by atoms with van der Waals surface area (Å²) in [5, 5.41) is 2.96. The molecular weight excluding hydrogens is 264 g/mol. The van der Waals surface area contributed by atoms with Crippen LogP contribution >= 0.6 is 0 Å². The van der Waals surface area contributed by atoms with Gasteiger partial charge in [-0.05, 0) is 44.2 Å². The largest absolute Gasteiger partial charge is 0.354 e. The third-order valence-electron chi connectivity index (χ3n) is 4.30. The summed E-state index contributed by atoms with van der Waals surface area (Å²) in [5.74, 6) is 0.329. The molecule has 0 aliphatic heterocycles. The van der Waals surface area contributed by atoms with E-state index in [0.717, 1.165) is 36.8 Å². The van der Waals surface area contributed by atoms with Crippen molar-refractivity contribution >= 4 is 16.9 Å². The third kappa shape index (κ3) is 2.93. The second kappa shape index (κ2) is 5.48. The number of aromatic nitrogens is 2. The van der Waals surface area contributed by atoms with Gasteiger partial charge >= 0.3 is 0 Å². The Morgan fingerprint density at radius 2 is 2.24 bits per heavy atom. The van der Waals surface area contributed by atoms with E-state index in [-0.39, 0.29) is 5.91 Å². The first-order chi connectivity index (χ1) is 10.1. The van der Waals surface area contributed by atoms with E-state index >= 15 is 0 Å². The number of fused-ring (bicyclic) bond motifs is 1. The molecule has 3 N–H and O–H groups in total. The lowest BCUT2D eigenvalue weighted by Gasteiger charge is -2.23. The number of nitrogens with one attached hydrogen (secondary N) is 1. The van der Waals surface area contributed by atoms with Crippen LogP contribution in [0.15, 0.2) is 30.6 Å². The molecule has 0 radical (unpaired) electrons. The second-order valence-corrected chi connectivity index (χ2v) is 6.09. The number of benzene rings is 1. The van der Waals surface area contributed by atoms with E-state index in [0.29, 0.717) is 12.5 Å². The molecule has 0 spiro atoms. The Labute approximate surface area is 124 Å². The molecule has 1 atom stereocenters. The lowest BCUT2D eigenvalue weighted by atomic mass is 9.96. The average molecular weight is 286 g/mol. The Kier molecular flexibility index (Phi) is 3.68. The number of nitrogens with two attached hydrogens (primary N) is 1. The number of carbonyl (C=O) groups excluding carboxylic acids is 1. The predicted octanol–water partition coefficient (Wildman–Crippen LogP) is 1.67. The van der Waals surface area contributed by atoms with Crippen molar-refractivity contribution in [1.82, 2.24) is 14.9 Å². The Bertz CT molecular complexity index is 643. The Morgan fingerprint density at radius 1 is 1.48 bits per heavy atom. The van der Waals surface area contributed by atoms with Gasteiger partial charge in [0.2, 0.25) is 5.91 Å². The van der Waals surface area contributed by atoms with Gasteiger partial charge in [0.1, 0.15) is 0 Å². The number of hydrogen-bond donors (Lipinski definition) is 2. The Balaban J connectivity index is 1.49. The van der Waals surface area contributed by atoms with Crippen LogP contribution in [-0.4, -0.2) is 27.5 Å². The Hall–Kier alpha value is -1.88. The number of para-hydroxylation sites is 2. The van der Waals surface area contributed by atoms with Crippen LogP contribution in [0.5, 0.6) is 0 Å². The van der Waals surface area contributed by atoms with Gasteiger partial charge in [-0.15, -0.1) is 0 Å². The molecule has 21 heavy (non-hydrogen) atoms. The van der Waals surface area contributed by atoms with Gasteiger partial charge in [-0.2, -0.15) is 0 Å². The highest BCUT2D eigenvalue weighted by Crippen LogP contribution is 2.38. The van der Waals surface area contributed by atoms with Gasteiger partial charge in [-0.1, -0.05) is 12.1 Å². The zero-order chi connectivity index (χ0) is 14.9. The van der Waals surface area contributed by atoms with Crippen molar-refractivity contribution in [3.63, 3.8) is 0 Å². The molecule has 5 nitrogen and oxygen atoms in total. The summed E-state index contributed by atoms with van der Waals surface area (Å²) >= 11 is 0. The molecule has 112 valence electrons.